The number of piperazine rings is 1. The van der Waals surface area contributed by atoms with Crippen LogP contribution in [-0.2, 0) is 6.67 Å². The van der Waals surface area contributed by atoms with Crippen LogP contribution in [0.15, 0.2) is 45.6 Å². The van der Waals surface area contributed by atoms with Crippen LogP contribution in [0.4, 0.5) is 5.69 Å². The van der Waals surface area contributed by atoms with Crippen LogP contribution in [0, 0.1) is 6.92 Å². The minimum absolute atomic E-state index is 0.331. The van der Waals surface area contributed by atoms with Crippen molar-refractivity contribution in [2.75, 3.05) is 31.1 Å². The highest BCUT2D eigenvalue weighted by molar-refractivity contribution is 6.31. The molecule has 3 aromatic rings. The average molecular weight is 393 g/mol. The summed E-state index contributed by atoms with van der Waals surface area (Å²) >= 11 is 12.1. The highest BCUT2D eigenvalue weighted by atomic mass is 35.5. The number of nitrogens with one attached hydrogen (secondary N) is 1. The summed E-state index contributed by atoms with van der Waals surface area (Å²) in [4.78, 5) is 15.9. The first kappa shape index (κ1) is 17.5. The standard InChI is InChI=1S/C19H19Cl2N3O2/c1-13-2-3-14(20)10-17(13)23-8-6-22(7-9-23)12-24-16-5-4-15(21)11-18(16)26-19(24)25/h2-5,10-11H,6-9,12H2,1H3/p+1. The highest BCUT2D eigenvalue weighted by Gasteiger charge is 2.23. The normalized spacial score (nSPS) is 15.7. The van der Waals surface area contributed by atoms with Crippen LogP contribution in [0.2, 0.25) is 10.0 Å². The molecule has 0 atom stereocenters. The monoisotopic (exact) mass is 392 g/mol. The maximum Gasteiger partial charge on any atom is 0.424 e. The lowest BCUT2D eigenvalue weighted by molar-refractivity contribution is -0.923. The van der Waals surface area contributed by atoms with E-state index < -0.39 is 0 Å². The highest BCUT2D eigenvalue weighted by Crippen LogP contribution is 2.24. The zero-order valence-electron chi connectivity index (χ0n) is 14.5. The minimum atomic E-state index is -0.331. The van der Waals surface area contributed by atoms with Gasteiger partial charge in [0, 0.05) is 21.8 Å². The number of aromatic nitrogens is 1. The molecule has 0 radical (unpaired) electrons. The zero-order valence-corrected chi connectivity index (χ0v) is 16.0. The second-order valence-electron chi connectivity index (χ2n) is 6.73. The van der Waals surface area contributed by atoms with Gasteiger partial charge in [0.05, 0.1) is 31.7 Å². The number of oxazole rings is 1. The van der Waals surface area contributed by atoms with E-state index in [1.54, 1.807) is 16.7 Å². The summed E-state index contributed by atoms with van der Waals surface area (Å²) in [5.41, 5.74) is 3.75. The number of aryl methyl sites for hydroxylation is 1. The maximum atomic E-state index is 12.2. The topological polar surface area (TPSA) is 42.8 Å². The third-order valence-electron chi connectivity index (χ3n) is 4.99. The quantitative estimate of drug-likeness (QED) is 0.744. The van der Waals surface area contributed by atoms with Gasteiger partial charge < -0.3 is 14.2 Å². The number of quaternary nitrogens is 1. The second-order valence-corrected chi connectivity index (χ2v) is 7.61. The van der Waals surface area contributed by atoms with Crippen molar-refractivity contribution < 1.29 is 9.32 Å². The summed E-state index contributed by atoms with van der Waals surface area (Å²) in [6.07, 6.45) is 0. The van der Waals surface area contributed by atoms with Crippen molar-refractivity contribution in [1.29, 1.82) is 0 Å². The van der Waals surface area contributed by atoms with Crippen LogP contribution in [0.5, 0.6) is 0 Å². The van der Waals surface area contributed by atoms with Crippen LogP contribution in [0.3, 0.4) is 0 Å². The predicted molar refractivity (Wildman–Crippen MR) is 105 cm³/mol. The minimum Gasteiger partial charge on any atom is -0.408 e. The summed E-state index contributed by atoms with van der Waals surface area (Å²) in [5.74, 6) is -0.331. The first-order valence-corrected chi connectivity index (χ1v) is 9.40. The first-order chi connectivity index (χ1) is 12.5. The third kappa shape index (κ3) is 3.34. The van der Waals surface area contributed by atoms with Gasteiger partial charge in [-0.3, -0.25) is 0 Å². The largest absolute Gasteiger partial charge is 0.424 e. The van der Waals surface area contributed by atoms with E-state index in [2.05, 4.69) is 17.9 Å². The molecule has 136 valence electrons. The SMILES string of the molecule is Cc1ccc(Cl)cc1N1CC[NH+](Cn2c(=O)oc3cc(Cl)ccc32)CC1. The van der Waals surface area contributed by atoms with Crippen molar-refractivity contribution in [2.24, 2.45) is 0 Å². The Morgan fingerprint density at radius 2 is 1.77 bits per heavy atom. The van der Waals surface area contributed by atoms with Gasteiger partial charge in [-0.2, -0.15) is 0 Å². The van der Waals surface area contributed by atoms with E-state index in [1.807, 2.05) is 18.2 Å². The van der Waals surface area contributed by atoms with Crippen molar-refractivity contribution >= 4 is 40.0 Å². The molecule has 1 fully saturated rings. The molecular weight excluding hydrogens is 373 g/mol. The molecule has 7 heteroatoms. The van der Waals surface area contributed by atoms with E-state index in [0.29, 0.717) is 17.3 Å². The van der Waals surface area contributed by atoms with E-state index in [1.165, 1.54) is 16.2 Å². The summed E-state index contributed by atoms with van der Waals surface area (Å²) in [6, 6.07) is 11.3. The van der Waals surface area contributed by atoms with Gasteiger partial charge in [-0.1, -0.05) is 29.3 Å². The molecule has 0 aliphatic carbocycles. The molecular formula is C19H20Cl2N3O2+. The summed E-state index contributed by atoms with van der Waals surface area (Å²) < 4.78 is 7.02. The molecule has 0 saturated carbocycles. The Morgan fingerprint density at radius 1 is 1.08 bits per heavy atom. The Morgan fingerprint density at radius 3 is 2.54 bits per heavy atom. The Bertz CT molecular complexity index is 1000. The van der Waals surface area contributed by atoms with Gasteiger partial charge in [-0.15, -0.1) is 0 Å². The smallest absolute Gasteiger partial charge is 0.408 e. The molecule has 1 aromatic heterocycles. The Hall–Kier alpha value is -1.95. The molecule has 5 nitrogen and oxygen atoms in total. The van der Waals surface area contributed by atoms with Gasteiger partial charge in [0.2, 0.25) is 0 Å². The Labute approximate surface area is 161 Å². The molecule has 1 saturated heterocycles. The molecule has 4 rings (SSSR count). The summed E-state index contributed by atoms with van der Waals surface area (Å²) in [5, 5.41) is 1.33. The van der Waals surface area contributed by atoms with Crippen LogP contribution in [-0.4, -0.2) is 30.7 Å². The molecule has 2 aromatic carbocycles. The molecule has 26 heavy (non-hydrogen) atoms. The van der Waals surface area contributed by atoms with Gasteiger partial charge >= 0.3 is 5.76 Å². The van der Waals surface area contributed by atoms with Crippen molar-refractivity contribution in [3.8, 4) is 0 Å². The fraction of sp³-hybridized carbons (Fsp3) is 0.316. The lowest BCUT2D eigenvalue weighted by Crippen LogP contribution is -3.14. The molecule has 1 aliphatic rings. The van der Waals surface area contributed by atoms with Crippen molar-refractivity contribution in [1.82, 2.24) is 4.57 Å². The van der Waals surface area contributed by atoms with Gasteiger partial charge in [-0.25, -0.2) is 9.36 Å². The van der Waals surface area contributed by atoms with Crippen molar-refractivity contribution in [3.05, 3.63) is 62.6 Å². The van der Waals surface area contributed by atoms with Crippen LogP contribution in [0.1, 0.15) is 5.56 Å². The number of rotatable bonds is 3. The molecule has 0 unspecified atom stereocenters. The average Bonchev–Trinajstić information content (AvgIpc) is 2.92. The third-order valence-corrected chi connectivity index (χ3v) is 5.46. The first-order valence-electron chi connectivity index (χ1n) is 8.65. The van der Waals surface area contributed by atoms with Crippen LogP contribution >= 0.6 is 23.2 Å². The van der Waals surface area contributed by atoms with Crippen molar-refractivity contribution in [2.45, 2.75) is 13.6 Å². The van der Waals surface area contributed by atoms with Gasteiger partial charge in [0.25, 0.3) is 0 Å². The van der Waals surface area contributed by atoms with Crippen molar-refractivity contribution in [3.63, 3.8) is 0 Å². The number of nitrogens with zero attached hydrogens (tertiary/aromatic N) is 2. The fourth-order valence-electron chi connectivity index (χ4n) is 3.56. The second kappa shape index (κ2) is 6.99. The van der Waals surface area contributed by atoms with Crippen LogP contribution < -0.4 is 15.6 Å². The Balaban J connectivity index is 1.48. The number of hydrogen-bond acceptors (Lipinski definition) is 3. The molecule has 2 heterocycles. The lowest BCUT2D eigenvalue weighted by Gasteiger charge is -2.34. The molecule has 0 bridgehead atoms. The van der Waals surface area contributed by atoms with E-state index in [0.717, 1.165) is 36.7 Å². The number of fused-ring (bicyclic) bond motifs is 1. The summed E-state index contributed by atoms with van der Waals surface area (Å²) in [6.45, 7) is 6.43. The predicted octanol–water partition coefficient (Wildman–Crippen LogP) is 2.57. The molecule has 0 spiro atoms. The fourth-order valence-corrected chi connectivity index (χ4v) is 3.89. The lowest BCUT2D eigenvalue weighted by atomic mass is 10.1. The zero-order chi connectivity index (χ0) is 18.3. The molecule has 0 amide bonds. The number of hydrogen-bond donors (Lipinski definition) is 1. The number of benzene rings is 2. The number of halogens is 2. The van der Waals surface area contributed by atoms with Gasteiger partial charge in [0.1, 0.15) is 0 Å². The number of anilines is 1. The van der Waals surface area contributed by atoms with Gasteiger partial charge in [0.15, 0.2) is 12.3 Å². The maximum absolute atomic E-state index is 12.2. The van der Waals surface area contributed by atoms with E-state index in [9.17, 15) is 4.79 Å². The molecule has 1 aliphatic heterocycles. The van der Waals surface area contributed by atoms with E-state index in [4.69, 9.17) is 27.6 Å². The Kier molecular flexibility index (Phi) is 4.69. The van der Waals surface area contributed by atoms with E-state index >= 15 is 0 Å². The molecule has 1 N–H and O–H groups in total. The van der Waals surface area contributed by atoms with E-state index in [-0.39, 0.29) is 5.76 Å². The van der Waals surface area contributed by atoms with Gasteiger partial charge in [-0.05, 0) is 36.8 Å². The van der Waals surface area contributed by atoms with Crippen LogP contribution in [0.25, 0.3) is 11.1 Å². The summed E-state index contributed by atoms with van der Waals surface area (Å²) in [7, 11) is 0.